The molecule has 1 aliphatic heterocycles. The van der Waals surface area contributed by atoms with E-state index < -0.39 is 0 Å². The van der Waals surface area contributed by atoms with E-state index in [9.17, 15) is 4.79 Å². The molecule has 0 aliphatic carbocycles. The first-order valence-corrected chi connectivity index (χ1v) is 7.16. The summed E-state index contributed by atoms with van der Waals surface area (Å²) in [6.45, 7) is 14.7. The van der Waals surface area contributed by atoms with E-state index in [4.69, 9.17) is 0 Å². The number of likely N-dealkylation sites (N-methyl/N-ethyl adjacent to an activating group) is 1. The zero-order chi connectivity index (χ0) is 14.0. The van der Waals surface area contributed by atoms with Crippen LogP contribution in [0.1, 0.15) is 47.5 Å². The fraction of sp³-hybridized carbons (Fsp3) is 0.933. The van der Waals surface area contributed by atoms with E-state index in [0.717, 1.165) is 39.0 Å². The van der Waals surface area contributed by atoms with Gasteiger partial charge in [0.15, 0.2) is 0 Å². The number of hydrogen-bond donors (Lipinski definition) is 0. The molecule has 1 saturated heterocycles. The Morgan fingerprint density at radius 2 is 1.56 bits per heavy atom. The summed E-state index contributed by atoms with van der Waals surface area (Å²) in [5.74, 6) is 0.355. The van der Waals surface area contributed by atoms with Crippen LogP contribution < -0.4 is 0 Å². The van der Waals surface area contributed by atoms with Crippen LogP contribution >= 0.6 is 0 Å². The van der Waals surface area contributed by atoms with Gasteiger partial charge in [-0.25, -0.2) is 0 Å². The number of carbonyl (C=O) groups excluding carboxylic acids is 1. The van der Waals surface area contributed by atoms with E-state index in [1.807, 2.05) is 0 Å². The Labute approximate surface area is 113 Å². The maximum absolute atomic E-state index is 12.7. The Hall–Kier alpha value is -0.570. The number of hydrogen-bond acceptors (Lipinski definition) is 2. The first-order chi connectivity index (χ1) is 8.18. The average Bonchev–Trinajstić information content (AvgIpc) is 2.27. The number of nitrogens with zero attached hydrogens (tertiary/aromatic N) is 2. The number of carbonyl (C=O) groups is 1. The fourth-order valence-corrected chi connectivity index (χ4v) is 2.91. The molecule has 18 heavy (non-hydrogen) atoms. The summed E-state index contributed by atoms with van der Waals surface area (Å²) in [5.41, 5.74) is 0.00115. The molecule has 106 valence electrons. The van der Waals surface area contributed by atoms with Gasteiger partial charge in [-0.1, -0.05) is 34.6 Å². The molecular formula is C15H30N2O. The number of piperazine rings is 1. The maximum Gasteiger partial charge on any atom is 0.228 e. The highest BCUT2D eigenvalue weighted by atomic mass is 16.2. The van der Waals surface area contributed by atoms with Crippen LogP contribution in [0.25, 0.3) is 0 Å². The van der Waals surface area contributed by atoms with Gasteiger partial charge in [-0.3, -0.25) is 4.79 Å². The largest absolute Gasteiger partial charge is 0.340 e. The average molecular weight is 254 g/mol. The van der Waals surface area contributed by atoms with Gasteiger partial charge in [0.2, 0.25) is 5.91 Å². The predicted molar refractivity (Wildman–Crippen MR) is 76.5 cm³/mol. The molecule has 1 heterocycles. The highest BCUT2D eigenvalue weighted by Gasteiger charge is 2.38. The summed E-state index contributed by atoms with van der Waals surface area (Å²) in [5, 5.41) is 0. The molecule has 0 N–H and O–H groups in total. The van der Waals surface area contributed by atoms with Gasteiger partial charge in [0, 0.05) is 31.6 Å². The Bertz CT molecular complexity index is 287. The number of amides is 1. The third kappa shape index (κ3) is 3.98. The van der Waals surface area contributed by atoms with Crippen LogP contribution in [0, 0.1) is 10.8 Å². The summed E-state index contributed by atoms with van der Waals surface area (Å²) < 4.78 is 0. The minimum atomic E-state index is -0.200. The van der Waals surface area contributed by atoms with Crippen LogP contribution in [-0.4, -0.2) is 48.9 Å². The van der Waals surface area contributed by atoms with Crippen molar-refractivity contribution in [3.8, 4) is 0 Å². The predicted octanol–water partition coefficient (Wildman–Crippen LogP) is 2.61. The second-order valence-electron chi connectivity index (χ2n) is 7.25. The molecule has 1 unspecified atom stereocenters. The zero-order valence-corrected chi connectivity index (χ0v) is 13.0. The van der Waals surface area contributed by atoms with Gasteiger partial charge in [-0.2, -0.15) is 0 Å². The summed E-state index contributed by atoms with van der Waals surface area (Å²) in [6, 6.07) is 0. The van der Waals surface area contributed by atoms with E-state index in [1.54, 1.807) is 0 Å². The minimum absolute atomic E-state index is 0.200. The normalized spacial score (nSPS) is 21.8. The van der Waals surface area contributed by atoms with Crippen molar-refractivity contribution in [2.75, 3.05) is 33.2 Å². The van der Waals surface area contributed by atoms with Gasteiger partial charge in [0.25, 0.3) is 0 Å². The van der Waals surface area contributed by atoms with E-state index in [0.29, 0.717) is 5.91 Å². The van der Waals surface area contributed by atoms with Crippen molar-refractivity contribution in [3.05, 3.63) is 0 Å². The van der Waals surface area contributed by atoms with Crippen molar-refractivity contribution >= 4 is 5.91 Å². The molecule has 0 aromatic carbocycles. The molecule has 1 fully saturated rings. The van der Waals surface area contributed by atoms with Gasteiger partial charge in [-0.05, 0) is 25.3 Å². The third-order valence-electron chi connectivity index (χ3n) is 4.01. The standard InChI is InChI=1S/C15H30N2O/c1-7-15(5,12-14(2,3)4)13(18)17-10-8-16(6)9-11-17/h7-12H2,1-6H3. The summed E-state index contributed by atoms with van der Waals surface area (Å²) in [4.78, 5) is 17.1. The number of rotatable bonds is 3. The highest BCUT2D eigenvalue weighted by molar-refractivity contribution is 5.82. The molecule has 0 aromatic heterocycles. The molecule has 1 amide bonds. The first kappa shape index (κ1) is 15.5. The van der Waals surface area contributed by atoms with Crippen LogP contribution in [0.2, 0.25) is 0 Å². The smallest absolute Gasteiger partial charge is 0.228 e. The molecular weight excluding hydrogens is 224 g/mol. The highest BCUT2D eigenvalue weighted by Crippen LogP contribution is 2.37. The van der Waals surface area contributed by atoms with Crippen LogP contribution in [0.4, 0.5) is 0 Å². The molecule has 0 bridgehead atoms. The summed E-state index contributed by atoms with van der Waals surface area (Å²) in [7, 11) is 2.12. The molecule has 1 atom stereocenters. The SMILES string of the molecule is CCC(C)(CC(C)(C)C)C(=O)N1CCN(C)CC1. The van der Waals surface area contributed by atoms with Crippen LogP contribution in [-0.2, 0) is 4.79 Å². The maximum atomic E-state index is 12.7. The molecule has 3 nitrogen and oxygen atoms in total. The lowest BCUT2D eigenvalue weighted by Gasteiger charge is -2.41. The lowest BCUT2D eigenvalue weighted by molar-refractivity contribution is -0.145. The molecule has 0 saturated carbocycles. The van der Waals surface area contributed by atoms with Crippen molar-refractivity contribution in [1.29, 1.82) is 0 Å². The van der Waals surface area contributed by atoms with E-state index >= 15 is 0 Å². The molecule has 0 radical (unpaired) electrons. The Kier molecular flexibility index (Phi) is 4.82. The van der Waals surface area contributed by atoms with Gasteiger partial charge in [-0.15, -0.1) is 0 Å². The molecule has 3 heteroatoms. The van der Waals surface area contributed by atoms with Crippen LogP contribution in [0.3, 0.4) is 0 Å². The zero-order valence-electron chi connectivity index (χ0n) is 13.0. The van der Waals surface area contributed by atoms with Crippen molar-refractivity contribution in [2.45, 2.75) is 47.5 Å². The van der Waals surface area contributed by atoms with Gasteiger partial charge in [0.05, 0.1) is 0 Å². The Morgan fingerprint density at radius 3 is 1.94 bits per heavy atom. The first-order valence-electron chi connectivity index (χ1n) is 7.16. The molecule has 1 rings (SSSR count). The lowest BCUT2D eigenvalue weighted by Crippen LogP contribution is -2.52. The molecule has 0 aromatic rings. The lowest BCUT2D eigenvalue weighted by atomic mass is 9.72. The van der Waals surface area contributed by atoms with Crippen molar-refractivity contribution in [3.63, 3.8) is 0 Å². The van der Waals surface area contributed by atoms with Gasteiger partial charge >= 0.3 is 0 Å². The minimum Gasteiger partial charge on any atom is -0.340 e. The van der Waals surface area contributed by atoms with E-state index in [-0.39, 0.29) is 10.8 Å². The monoisotopic (exact) mass is 254 g/mol. The quantitative estimate of drug-likeness (QED) is 0.773. The Balaban J connectivity index is 2.72. The fourth-order valence-electron chi connectivity index (χ4n) is 2.91. The second-order valence-corrected chi connectivity index (χ2v) is 7.25. The topological polar surface area (TPSA) is 23.6 Å². The van der Waals surface area contributed by atoms with Crippen LogP contribution in [0.5, 0.6) is 0 Å². The molecule has 0 spiro atoms. The van der Waals surface area contributed by atoms with Crippen molar-refractivity contribution < 1.29 is 4.79 Å². The summed E-state index contributed by atoms with van der Waals surface area (Å²) >= 11 is 0. The molecule has 1 aliphatic rings. The van der Waals surface area contributed by atoms with Crippen LogP contribution in [0.15, 0.2) is 0 Å². The van der Waals surface area contributed by atoms with Gasteiger partial charge in [0.1, 0.15) is 0 Å². The summed E-state index contributed by atoms with van der Waals surface area (Å²) in [6.07, 6.45) is 1.89. The van der Waals surface area contributed by atoms with Crippen molar-refractivity contribution in [1.82, 2.24) is 9.80 Å². The Morgan fingerprint density at radius 1 is 1.06 bits per heavy atom. The second kappa shape index (κ2) is 5.60. The van der Waals surface area contributed by atoms with Crippen molar-refractivity contribution in [2.24, 2.45) is 10.8 Å². The van der Waals surface area contributed by atoms with E-state index in [1.165, 1.54) is 0 Å². The van der Waals surface area contributed by atoms with Gasteiger partial charge < -0.3 is 9.80 Å². The third-order valence-corrected chi connectivity index (χ3v) is 4.01. The van der Waals surface area contributed by atoms with E-state index in [2.05, 4.69) is 51.5 Å².